The molecule has 0 spiro atoms. The summed E-state index contributed by atoms with van der Waals surface area (Å²) in [5.41, 5.74) is 4.82. The molecule has 2 aliphatic rings. The van der Waals surface area contributed by atoms with Crippen LogP contribution in [0, 0.1) is 11.8 Å². The summed E-state index contributed by atoms with van der Waals surface area (Å²) in [6.45, 7) is 3.10. The molecule has 142 valence electrons. The molecule has 1 amide bonds. The van der Waals surface area contributed by atoms with Crippen LogP contribution in [0.4, 0.5) is 5.69 Å². The van der Waals surface area contributed by atoms with Gasteiger partial charge in [0.25, 0.3) is 0 Å². The first-order valence-electron chi connectivity index (χ1n) is 10.6. The normalized spacial score (nSPS) is 21.9. The van der Waals surface area contributed by atoms with Crippen LogP contribution in [0.5, 0.6) is 0 Å². The number of carbonyl (C=O) groups is 1. The Morgan fingerprint density at radius 1 is 1.07 bits per heavy atom. The van der Waals surface area contributed by atoms with Crippen LogP contribution in [0.2, 0.25) is 0 Å². The zero-order chi connectivity index (χ0) is 18.6. The van der Waals surface area contributed by atoms with Gasteiger partial charge in [0.1, 0.15) is 0 Å². The number of fused-ring (bicyclic) bond motifs is 1. The molecule has 0 bridgehead atoms. The average Bonchev–Trinajstić information content (AvgIpc) is 3.16. The lowest BCUT2D eigenvalue weighted by Crippen LogP contribution is -2.36. The Morgan fingerprint density at radius 3 is 2.59 bits per heavy atom. The second kappa shape index (κ2) is 8.24. The van der Waals surface area contributed by atoms with E-state index in [4.69, 9.17) is 0 Å². The fourth-order valence-corrected chi connectivity index (χ4v) is 4.77. The number of anilines is 1. The van der Waals surface area contributed by atoms with Crippen molar-refractivity contribution in [3.63, 3.8) is 0 Å². The maximum Gasteiger partial charge on any atom is 0.230 e. The van der Waals surface area contributed by atoms with E-state index in [1.54, 1.807) is 0 Å². The van der Waals surface area contributed by atoms with Crippen LogP contribution in [0.3, 0.4) is 0 Å². The van der Waals surface area contributed by atoms with Gasteiger partial charge in [-0.05, 0) is 79.0 Å². The fraction of sp³-hybridized carbons (Fsp3) is 0.500. The predicted molar refractivity (Wildman–Crippen MR) is 111 cm³/mol. The van der Waals surface area contributed by atoms with E-state index < -0.39 is 0 Å². The quantitative estimate of drug-likeness (QED) is 0.690. The summed E-state index contributed by atoms with van der Waals surface area (Å²) in [6.07, 6.45) is 13.2. The summed E-state index contributed by atoms with van der Waals surface area (Å²) in [6, 6.07) is 10.6. The second-order valence-electron chi connectivity index (χ2n) is 8.18. The van der Waals surface area contributed by atoms with Gasteiger partial charge in [-0.15, -0.1) is 0 Å². The van der Waals surface area contributed by atoms with E-state index in [1.165, 1.54) is 48.8 Å². The Labute approximate surface area is 162 Å². The van der Waals surface area contributed by atoms with Gasteiger partial charge in [-0.2, -0.15) is 0 Å². The molecule has 3 heteroatoms. The molecule has 27 heavy (non-hydrogen) atoms. The number of aromatic nitrogens is 1. The van der Waals surface area contributed by atoms with Gasteiger partial charge in [0.05, 0.1) is 0 Å². The molecule has 0 saturated heterocycles. The number of amides is 1. The van der Waals surface area contributed by atoms with Crippen LogP contribution in [-0.2, 0) is 11.2 Å². The van der Waals surface area contributed by atoms with Gasteiger partial charge < -0.3 is 4.90 Å². The Kier molecular flexibility index (Phi) is 5.56. The summed E-state index contributed by atoms with van der Waals surface area (Å²) in [4.78, 5) is 19.3. The van der Waals surface area contributed by atoms with Crippen molar-refractivity contribution in [1.82, 2.24) is 4.98 Å². The van der Waals surface area contributed by atoms with E-state index in [2.05, 4.69) is 35.0 Å². The maximum absolute atomic E-state index is 13.2. The highest BCUT2D eigenvalue weighted by molar-refractivity contribution is 5.97. The number of nitrogens with zero attached hydrogens (tertiary/aromatic N) is 2. The number of hydrogen-bond acceptors (Lipinski definition) is 2. The number of benzene rings is 1. The number of carbonyl (C=O) groups excluding carboxylic acids is 1. The van der Waals surface area contributed by atoms with Crippen molar-refractivity contribution in [1.29, 1.82) is 0 Å². The lowest BCUT2D eigenvalue weighted by atomic mass is 9.79. The molecule has 1 aliphatic carbocycles. The average molecular weight is 363 g/mol. The van der Waals surface area contributed by atoms with Gasteiger partial charge >= 0.3 is 0 Å². The largest absolute Gasteiger partial charge is 0.312 e. The maximum atomic E-state index is 13.2. The molecule has 1 fully saturated rings. The minimum absolute atomic E-state index is 0.230. The highest BCUT2D eigenvalue weighted by Crippen LogP contribution is 2.37. The minimum atomic E-state index is 0.230. The fourth-order valence-electron chi connectivity index (χ4n) is 4.77. The number of hydrogen-bond donors (Lipinski definition) is 0. The molecule has 3 nitrogen and oxygen atoms in total. The molecule has 1 aromatic heterocycles. The molecule has 0 unspecified atom stereocenters. The Morgan fingerprint density at radius 2 is 1.85 bits per heavy atom. The van der Waals surface area contributed by atoms with Crippen LogP contribution in [-0.4, -0.2) is 17.4 Å². The standard InChI is InChI=1S/C24H30N2O/c1-2-3-4-18-5-7-20(8-6-18)24(27)26-16-13-22-17-21(9-10-23(22)26)19-11-14-25-15-12-19/h9-12,14-15,17-18,20H,2-8,13,16H2,1H3. The van der Waals surface area contributed by atoms with Crippen molar-refractivity contribution < 1.29 is 4.79 Å². The zero-order valence-corrected chi connectivity index (χ0v) is 16.4. The van der Waals surface area contributed by atoms with E-state index in [0.717, 1.165) is 37.4 Å². The number of rotatable bonds is 5. The highest BCUT2D eigenvalue weighted by Gasteiger charge is 2.32. The first-order valence-corrected chi connectivity index (χ1v) is 10.6. The van der Waals surface area contributed by atoms with Crippen molar-refractivity contribution in [2.45, 2.75) is 58.3 Å². The van der Waals surface area contributed by atoms with E-state index >= 15 is 0 Å². The Bertz CT molecular complexity index is 778. The molecule has 0 radical (unpaired) electrons. The first kappa shape index (κ1) is 18.2. The summed E-state index contributed by atoms with van der Waals surface area (Å²) >= 11 is 0. The third-order valence-electron chi connectivity index (χ3n) is 6.42. The molecule has 4 rings (SSSR count). The van der Waals surface area contributed by atoms with Crippen molar-refractivity contribution in [2.24, 2.45) is 11.8 Å². The molecule has 2 heterocycles. The van der Waals surface area contributed by atoms with Crippen LogP contribution in [0.15, 0.2) is 42.7 Å². The second-order valence-corrected chi connectivity index (χ2v) is 8.18. The van der Waals surface area contributed by atoms with Gasteiger partial charge in [-0.3, -0.25) is 9.78 Å². The van der Waals surface area contributed by atoms with E-state index in [1.807, 2.05) is 24.5 Å². The van der Waals surface area contributed by atoms with Crippen molar-refractivity contribution in [2.75, 3.05) is 11.4 Å². The summed E-state index contributed by atoms with van der Waals surface area (Å²) in [5.74, 6) is 1.44. The van der Waals surface area contributed by atoms with Crippen LogP contribution < -0.4 is 4.90 Å². The molecular formula is C24H30N2O. The van der Waals surface area contributed by atoms with Gasteiger partial charge in [-0.1, -0.05) is 32.3 Å². The molecule has 1 saturated carbocycles. The molecule has 0 N–H and O–H groups in total. The Hall–Kier alpha value is -2.16. The first-order chi connectivity index (χ1) is 13.3. The number of pyridine rings is 1. The van der Waals surface area contributed by atoms with Gasteiger partial charge in [0, 0.05) is 30.5 Å². The summed E-state index contributed by atoms with van der Waals surface area (Å²) in [5, 5.41) is 0. The minimum Gasteiger partial charge on any atom is -0.312 e. The lowest BCUT2D eigenvalue weighted by molar-refractivity contribution is -0.123. The molecular weight excluding hydrogens is 332 g/mol. The molecule has 2 aromatic rings. The van der Waals surface area contributed by atoms with Gasteiger partial charge in [0.2, 0.25) is 5.91 Å². The summed E-state index contributed by atoms with van der Waals surface area (Å²) in [7, 11) is 0. The third-order valence-corrected chi connectivity index (χ3v) is 6.42. The highest BCUT2D eigenvalue weighted by atomic mass is 16.2. The van der Waals surface area contributed by atoms with Crippen LogP contribution in [0.25, 0.3) is 11.1 Å². The van der Waals surface area contributed by atoms with E-state index in [-0.39, 0.29) is 5.92 Å². The monoisotopic (exact) mass is 362 g/mol. The smallest absolute Gasteiger partial charge is 0.230 e. The van der Waals surface area contributed by atoms with E-state index in [9.17, 15) is 4.79 Å². The number of unbranched alkanes of at least 4 members (excludes halogenated alkanes) is 1. The lowest BCUT2D eigenvalue weighted by Gasteiger charge is -2.30. The van der Waals surface area contributed by atoms with Crippen molar-refractivity contribution in [3.8, 4) is 11.1 Å². The zero-order valence-electron chi connectivity index (χ0n) is 16.4. The molecule has 1 aromatic carbocycles. The Balaban J connectivity index is 1.43. The van der Waals surface area contributed by atoms with Crippen LogP contribution in [0.1, 0.15) is 57.4 Å². The SMILES string of the molecule is CCCCC1CCC(C(=O)N2CCc3cc(-c4ccncc4)ccc32)CC1. The van der Waals surface area contributed by atoms with Crippen LogP contribution >= 0.6 is 0 Å². The van der Waals surface area contributed by atoms with Crippen molar-refractivity contribution in [3.05, 3.63) is 48.3 Å². The molecule has 1 aliphatic heterocycles. The van der Waals surface area contributed by atoms with Crippen molar-refractivity contribution >= 4 is 11.6 Å². The topological polar surface area (TPSA) is 33.2 Å². The third kappa shape index (κ3) is 3.92. The summed E-state index contributed by atoms with van der Waals surface area (Å²) < 4.78 is 0. The van der Waals surface area contributed by atoms with Gasteiger partial charge in [0.15, 0.2) is 0 Å². The van der Waals surface area contributed by atoms with Gasteiger partial charge in [-0.25, -0.2) is 0 Å². The van der Waals surface area contributed by atoms with E-state index in [0.29, 0.717) is 5.91 Å². The molecule has 0 atom stereocenters. The predicted octanol–water partition coefficient (Wildman–Crippen LogP) is 5.63.